The van der Waals surface area contributed by atoms with Gasteiger partial charge in [0.25, 0.3) is 0 Å². The highest BCUT2D eigenvalue weighted by Gasteiger charge is 2.49. The third-order valence-corrected chi connectivity index (χ3v) is 3.32. The molecule has 0 heterocycles. The van der Waals surface area contributed by atoms with Crippen LogP contribution < -0.4 is 0 Å². The molecule has 4 heteroatoms. The van der Waals surface area contributed by atoms with Crippen molar-refractivity contribution in [3.8, 4) is 0 Å². The predicted molar refractivity (Wildman–Crippen MR) is 76.4 cm³/mol. The first kappa shape index (κ1) is 16.2. The summed E-state index contributed by atoms with van der Waals surface area (Å²) in [7, 11) is 0. The van der Waals surface area contributed by atoms with E-state index >= 15 is 0 Å². The van der Waals surface area contributed by atoms with Gasteiger partial charge in [-0.3, -0.25) is 9.59 Å². The fourth-order valence-electron chi connectivity index (χ4n) is 2.16. The molecule has 110 valence electrons. The van der Waals surface area contributed by atoms with Crippen molar-refractivity contribution < 1.29 is 19.1 Å². The van der Waals surface area contributed by atoms with E-state index in [9.17, 15) is 9.59 Å². The first-order valence-corrected chi connectivity index (χ1v) is 6.94. The molecule has 0 bridgehead atoms. The van der Waals surface area contributed by atoms with Crippen molar-refractivity contribution in [2.45, 2.75) is 39.5 Å². The van der Waals surface area contributed by atoms with E-state index in [-0.39, 0.29) is 13.2 Å². The third-order valence-electron chi connectivity index (χ3n) is 3.32. The number of carbonyl (C=O) groups excluding carboxylic acids is 2. The summed E-state index contributed by atoms with van der Waals surface area (Å²) in [5.74, 6) is -1.10. The molecule has 0 aromatic heterocycles. The smallest absolute Gasteiger partial charge is 0.328 e. The molecule has 0 fully saturated rings. The van der Waals surface area contributed by atoms with Crippen LogP contribution in [-0.2, 0) is 24.5 Å². The molecule has 0 amide bonds. The van der Waals surface area contributed by atoms with E-state index in [0.717, 1.165) is 5.56 Å². The summed E-state index contributed by atoms with van der Waals surface area (Å²) in [5, 5.41) is 0. The van der Waals surface area contributed by atoms with Gasteiger partial charge in [0.15, 0.2) is 5.41 Å². The molecule has 0 radical (unpaired) electrons. The van der Waals surface area contributed by atoms with E-state index in [1.807, 2.05) is 19.1 Å². The standard InChI is InChI=1S/C16H22O4/c1-5-16(14(17)19-6-2,15(18)20-7-3)13-10-8-12(4)9-11-13/h8-11H,5-7H2,1-4H3. The number of aryl methyl sites for hydroxylation is 1. The van der Waals surface area contributed by atoms with Crippen LogP contribution in [0, 0.1) is 6.92 Å². The zero-order valence-electron chi connectivity index (χ0n) is 12.6. The molecule has 0 saturated carbocycles. The Kier molecular flexibility index (Phi) is 5.74. The van der Waals surface area contributed by atoms with E-state index in [2.05, 4.69) is 0 Å². The molecule has 1 aromatic carbocycles. The van der Waals surface area contributed by atoms with E-state index in [4.69, 9.17) is 9.47 Å². The van der Waals surface area contributed by atoms with Crippen LogP contribution in [0.15, 0.2) is 24.3 Å². The number of rotatable bonds is 6. The molecule has 0 saturated heterocycles. The predicted octanol–water partition coefficient (Wildman–Crippen LogP) is 2.77. The maximum Gasteiger partial charge on any atom is 0.328 e. The van der Waals surface area contributed by atoms with Gasteiger partial charge in [-0.05, 0) is 32.8 Å². The molecular formula is C16H22O4. The monoisotopic (exact) mass is 278 g/mol. The zero-order chi connectivity index (χ0) is 15.2. The van der Waals surface area contributed by atoms with Gasteiger partial charge in [-0.15, -0.1) is 0 Å². The summed E-state index contributed by atoms with van der Waals surface area (Å²) >= 11 is 0. The Labute approximate surface area is 120 Å². The Morgan fingerprint density at radius 3 is 1.75 bits per heavy atom. The quantitative estimate of drug-likeness (QED) is 0.593. The van der Waals surface area contributed by atoms with Crippen LogP contribution in [0.4, 0.5) is 0 Å². The highest BCUT2D eigenvalue weighted by Crippen LogP contribution is 2.31. The summed E-state index contributed by atoms with van der Waals surface area (Å²) < 4.78 is 10.2. The van der Waals surface area contributed by atoms with Crippen LogP contribution in [0.25, 0.3) is 0 Å². The number of ether oxygens (including phenoxy) is 2. The van der Waals surface area contributed by atoms with Crippen LogP contribution in [0.1, 0.15) is 38.3 Å². The van der Waals surface area contributed by atoms with Crippen molar-refractivity contribution >= 4 is 11.9 Å². The average Bonchev–Trinajstić information content (AvgIpc) is 2.43. The fraction of sp³-hybridized carbons (Fsp3) is 0.500. The van der Waals surface area contributed by atoms with Gasteiger partial charge >= 0.3 is 11.9 Å². The van der Waals surface area contributed by atoms with Crippen molar-refractivity contribution in [1.82, 2.24) is 0 Å². The van der Waals surface area contributed by atoms with E-state index < -0.39 is 17.4 Å². The molecule has 4 nitrogen and oxygen atoms in total. The Morgan fingerprint density at radius 1 is 0.950 bits per heavy atom. The largest absolute Gasteiger partial charge is 0.465 e. The van der Waals surface area contributed by atoms with Gasteiger partial charge < -0.3 is 9.47 Å². The number of hydrogen-bond donors (Lipinski definition) is 0. The Morgan fingerprint density at radius 2 is 1.40 bits per heavy atom. The SMILES string of the molecule is CCOC(=O)C(CC)(C(=O)OCC)c1ccc(C)cc1. The normalized spacial score (nSPS) is 11.0. The van der Waals surface area contributed by atoms with Gasteiger partial charge in [0.2, 0.25) is 0 Å². The second kappa shape index (κ2) is 7.08. The van der Waals surface area contributed by atoms with Crippen molar-refractivity contribution in [2.75, 3.05) is 13.2 Å². The molecular weight excluding hydrogens is 256 g/mol. The Balaban J connectivity index is 3.33. The maximum atomic E-state index is 12.4. The van der Waals surface area contributed by atoms with Gasteiger partial charge in [0.05, 0.1) is 13.2 Å². The topological polar surface area (TPSA) is 52.6 Å². The van der Waals surface area contributed by atoms with Gasteiger partial charge in [-0.1, -0.05) is 36.8 Å². The van der Waals surface area contributed by atoms with E-state index in [1.165, 1.54) is 0 Å². The molecule has 20 heavy (non-hydrogen) atoms. The minimum Gasteiger partial charge on any atom is -0.465 e. The molecule has 0 aliphatic carbocycles. The maximum absolute atomic E-state index is 12.4. The summed E-state index contributed by atoms with van der Waals surface area (Å²) in [6.45, 7) is 7.63. The van der Waals surface area contributed by atoms with Crippen LogP contribution >= 0.6 is 0 Å². The molecule has 0 atom stereocenters. The Hall–Kier alpha value is -1.84. The molecule has 0 aliphatic rings. The molecule has 0 N–H and O–H groups in total. The summed E-state index contributed by atoms with van der Waals surface area (Å²) in [5.41, 5.74) is 0.300. The summed E-state index contributed by atoms with van der Waals surface area (Å²) in [6, 6.07) is 7.32. The minimum atomic E-state index is -1.38. The molecule has 0 unspecified atom stereocenters. The first-order chi connectivity index (χ1) is 9.52. The molecule has 0 aliphatic heterocycles. The van der Waals surface area contributed by atoms with Crippen molar-refractivity contribution in [3.05, 3.63) is 35.4 Å². The lowest BCUT2D eigenvalue weighted by molar-refractivity contribution is -0.165. The highest BCUT2D eigenvalue weighted by atomic mass is 16.6. The van der Waals surface area contributed by atoms with Gasteiger partial charge in [-0.2, -0.15) is 0 Å². The highest BCUT2D eigenvalue weighted by molar-refractivity contribution is 6.06. The number of benzene rings is 1. The van der Waals surface area contributed by atoms with Crippen LogP contribution in [0.3, 0.4) is 0 Å². The van der Waals surface area contributed by atoms with Crippen molar-refractivity contribution in [1.29, 1.82) is 0 Å². The fourth-order valence-corrected chi connectivity index (χ4v) is 2.16. The van der Waals surface area contributed by atoms with Gasteiger partial charge in [0.1, 0.15) is 0 Å². The third kappa shape index (κ3) is 3.00. The zero-order valence-corrected chi connectivity index (χ0v) is 12.6. The van der Waals surface area contributed by atoms with Crippen LogP contribution in [0.2, 0.25) is 0 Å². The van der Waals surface area contributed by atoms with Crippen molar-refractivity contribution in [2.24, 2.45) is 0 Å². The van der Waals surface area contributed by atoms with Gasteiger partial charge in [-0.25, -0.2) is 0 Å². The van der Waals surface area contributed by atoms with Gasteiger partial charge in [0, 0.05) is 0 Å². The minimum absolute atomic E-state index is 0.228. The van der Waals surface area contributed by atoms with E-state index in [1.54, 1.807) is 32.9 Å². The number of hydrogen-bond acceptors (Lipinski definition) is 4. The summed E-state index contributed by atoms with van der Waals surface area (Å²) in [6.07, 6.45) is 0.299. The van der Waals surface area contributed by atoms with Crippen LogP contribution in [-0.4, -0.2) is 25.2 Å². The average molecular weight is 278 g/mol. The van der Waals surface area contributed by atoms with Crippen molar-refractivity contribution in [3.63, 3.8) is 0 Å². The lowest BCUT2D eigenvalue weighted by atomic mass is 9.77. The Bertz CT molecular complexity index is 444. The first-order valence-electron chi connectivity index (χ1n) is 6.94. The van der Waals surface area contributed by atoms with Crippen LogP contribution in [0.5, 0.6) is 0 Å². The molecule has 0 spiro atoms. The molecule has 1 rings (SSSR count). The second-order valence-corrected chi connectivity index (χ2v) is 4.57. The molecule has 1 aromatic rings. The van der Waals surface area contributed by atoms with E-state index in [0.29, 0.717) is 12.0 Å². The number of carbonyl (C=O) groups is 2. The second-order valence-electron chi connectivity index (χ2n) is 4.57. The number of esters is 2. The summed E-state index contributed by atoms with van der Waals surface area (Å²) in [4.78, 5) is 24.7. The lowest BCUT2D eigenvalue weighted by Gasteiger charge is -2.28. The lowest BCUT2D eigenvalue weighted by Crippen LogP contribution is -2.45.